The molecule has 3 aromatic carbocycles. The highest BCUT2D eigenvalue weighted by molar-refractivity contribution is 6.00. The molecule has 2 nitrogen and oxygen atoms in total. The Kier molecular flexibility index (Phi) is 4.31. The summed E-state index contributed by atoms with van der Waals surface area (Å²) in [5.41, 5.74) is 5.59. The summed E-state index contributed by atoms with van der Waals surface area (Å²) in [5.74, 6) is 0.152. The van der Waals surface area contributed by atoms with E-state index in [-0.39, 0.29) is 11.3 Å². The van der Waals surface area contributed by atoms with Gasteiger partial charge in [-0.15, -0.1) is 0 Å². The predicted octanol–water partition coefficient (Wildman–Crippen LogP) is 5.60. The molecule has 0 radical (unpaired) electrons. The number of hydrogen-bond donors (Lipinski definition) is 1. The summed E-state index contributed by atoms with van der Waals surface area (Å²) in [6.45, 7) is 2.89. The Balaban J connectivity index is 1.51. The van der Waals surface area contributed by atoms with Gasteiger partial charge < -0.3 is 5.32 Å². The molecule has 5 rings (SSSR count). The SMILES string of the molecule is CCCC1(C(=O)NCC2(c3ccccc3)CC2)c2ccccc2-c2ccccc21. The van der Waals surface area contributed by atoms with Gasteiger partial charge in [-0.2, -0.15) is 0 Å². The van der Waals surface area contributed by atoms with E-state index >= 15 is 0 Å². The molecular weight excluding hydrogens is 354 g/mol. The zero-order valence-corrected chi connectivity index (χ0v) is 16.9. The number of amides is 1. The summed E-state index contributed by atoms with van der Waals surface area (Å²) in [6, 6.07) is 27.5. The molecule has 2 heteroatoms. The van der Waals surface area contributed by atoms with Crippen molar-refractivity contribution < 1.29 is 4.79 Å². The average molecular weight is 382 g/mol. The van der Waals surface area contributed by atoms with Crippen LogP contribution in [0.3, 0.4) is 0 Å². The number of rotatable bonds is 6. The number of carbonyl (C=O) groups is 1. The molecule has 0 heterocycles. The Morgan fingerprint density at radius 1 is 0.828 bits per heavy atom. The van der Waals surface area contributed by atoms with Crippen molar-refractivity contribution in [3.05, 3.63) is 95.6 Å². The number of fused-ring (bicyclic) bond motifs is 3. The van der Waals surface area contributed by atoms with Crippen LogP contribution in [0.4, 0.5) is 0 Å². The van der Waals surface area contributed by atoms with Gasteiger partial charge in [-0.3, -0.25) is 4.79 Å². The molecule has 2 aliphatic carbocycles. The Hall–Kier alpha value is -2.87. The normalized spacial score (nSPS) is 17.3. The van der Waals surface area contributed by atoms with Gasteiger partial charge in [0.25, 0.3) is 0 Å². The van der Waals surface area contributed by atoms with Gasteiger partial charge in [0, 0.05) is 12.0 Å². The minimum atomic E-state index is -0.589. The summed E-state index contributed by atoms with van der Waals surface area (Å²) in [4.78, 5) is 13.9. The molecule has 0 aromatic heterocycles. The summed E-state index contributed by atoms with van der Waals surface area (Å²) in [5, 5.41) is 3.39. The van der Waals surface area contributed by atoms with Crippen LogP contribution in [0.2, 0.25) is 0 Å². The number of benzene rings is 3. The maximum absolute atomic E-state index is 13.9. The van der Waals surface area contributed by atoms with E-state index in [0.717, 1.165) is 36.8 Å². The molecule has 0 unspecified atom stereocenters. The Morgan fingerprint density at radius 3 is 1.93 bits per heavy atom. The largest absolute Gasteiger partial charge is 0.354 e. The highest BCUT2D eigenvalue weighted by atomic mass is 16.2. The zero-order chi connectivity index (χ0) is 19.9. The van der Waals surface area contributed by atoms with E-state index in [4.69, 9.17) is 0 Å². The average Bonchev–Trinajstić information content (AvgIpc) is 3.52. The molecule has 1 saturated carbocycles. The molecule has 0 bridgehead atoms. The topological polar surface area (TPSA) is 29.1 Å². The standard InChI is InChI=1S/C27H27NO/c1-2-16-27(23-14-8-6-12-21(23)22-13-7-9-15-24(22)27)25(29)28-19-26(17-18-26)20-10-4-3-5-11-20/h3-15H,2,16-19H2,1H3,(H,28,29). The van der Waals surface area contributed by atoms with E-state index in [0.29, 0.717) is 6.54 Å². The van der Waals surface area contributed by atoms with Crippen LogP contribution in [0.5, 0.6) is 0 Å². The summed E-state index contributed by atoms with van der Waals surface area (Å²) < 4.78 is 0. The maximum Gasteiger partial charge on any atom is 0.235 e. The van der Waals surface area contributed by atoms with E-state index in [9.17, 15) is 4.79 Å². The Labute approximate surface area is 173 Å². The maximum atomic E-state index is 13.9. The fourth-order valence-electron chi connectivity index (χ4n) is 5.24. The van der Waals surface area contributed by atoms with Crippen LogP contribution in [0, 0.1) is 0 Å². The van der Waals surface area contributed by atoms with Crippen molar-refractivity contribution in [3.63, 3.8) is 0 Å². The molecule has 0 saturated heterocycles. The predicted molar refractivity (Wildman–Crippen MR) is 118 cm³/mol. The lowest BCUT2D eigenvalue weighted by Gasteiger charge is -2.31. The second-order valence-electron chi connectivity index (χ2n) is 8.58. The van der Waals surface area contributed by atoms with E-state index in [2.05, 4.69) is 91.1 Å². The van der Waals surface area contributed by atoms with Crippen LogP contribution in [0.25, 0.3) is 11.1 Å². The quantitative estimate of drug-likeness (QED) is 0.591. The third kappa shape index (κ3) is 2.73. The third-order valence-corrected chi connectivity index (χ3v) is 6.90. The van der Waals surface area contributed by atoms with Crippen LogP contribution >= 0.6 is 0 Å². The van der Waals surface area contributed by atoms with Crippen molar-refractivity contribution in [3.8, 4) is 11.1 Å². The van der Waals surface area contributed by atoms with Crippen LogP contribution in [-0.4, -0.2) is 12.5 Å². The first-order valence-electron chi connectivity index (χ1n) is 10.7. The van der Waals surface area contributed by atoms with Crippen molar-refractivity contribution in [2.75, 3.05) is 6.54 Å². The van der Waals surface area contributed by atoms with Gasteiger partial charge >= 0.3 is 0 Å². The highest BCUT2D eigenvalue weighted by Crippen LogP contribution is 2.52. The van der Waals surface area contributed by atoms with Crippen molar-refractivity contribution in [2.24, 2.45) is 0 Å². The van der Waals surface area contributed by atoms with Gasteiger partial charge in [-0.25, -0.2) is 0 Å². The van der Waals surface area contributed by atoms with E-state index in [1.165, 1.54) is 16.7 Å². The second kappa shape index (κ2) is 6.88. The second-order valence-corrected chi connectivity index (χ2v) is 8.58. The molecule has 0 atom stereocenters. The molecule has 29 heavy (non-hydrogen) atoms. The minimum absolute atomic E-state index is 0.113. The summed E-state index contributed by atoms with van der Waals surface area (Å²) in [7, 11) is 0. The lowest BCUT2D eigenvalue weighted by Crippen LogP contribution is -2.46. The molecule has 1 fully saturated rings. The molecule has 2 aliphatic rings. The Bertz CT molecular complexity index is 1000. The van der Waals surface area contributed by atoms with Gasteiger partial charge in [0.05, 0.1) is 0 Å². The van der Waals surface area contributed by atoms with Crippen molar-refractivity contribution in [1.29, 1.82) is 0 Å². The first kappa shape index (κ1) is 18.2. The van der Waals surface area contributed by atoms with E-state index < -0.39 is 5.41 Å². The molecule has 0 spiro atoms. The van der Waals surface area contributed by atoms with Crippen LogP contribution < -0.4 is 5.32 Å². The lowest BCUT2D eigenvalue weighted by molar-refractivity contribution is -0.125. The van der Waals surface area contributed by atoms with Crippen LogP contribution in [0.1, 0.15) is 49.3 Å². The molecule has 0 aliphatic heterocycles. The number of carbonyl (C=O) groups excluding carboxylic acids is 1. The number of hydrogen-bond acceptors (Lipinski definition) is 1. The van der Waals surface area contributed by atoms with Crippen molar-refractivity contribution in [2.45, 2.75) is 43.4 Å². The molecule has 146 valence electrons. The first-order valence-corrected chi connectivity index (χ1v) is 10.7. The monoisotopic (exact) mass is 381 g/mol. The molecular formula is C27H27NO. The lowest BCUT2D eigenvalue weighted by atomic mass is 9.73. The third-order valence-electron chi connectivity index (χ3n) is 6.90. The highest BCUT2D eigenvalue weighted by Gasteiger charge is 2.50. The van der Waals surface area contributed by atoms with E-state index in [1.54, 1.807) is 0 Å². The summed E-state index contributed by atoms with van der Waals surface area (Å²) >= 11 is 0. The van der Waals surface area contributed by atoms with Gasteiger partial charge in [0.2, 0.25) is 5.91 Å². The van der Waals surface area contributed by atoms with Gasteiger partial charge in [-0.05, 0) is 47.1 Å². The smallest absolute Gasteiger partial charge is 0.235 e. The Morgan fingerprint density at radius 2 is 1.38 bits per heavy atom. The molecule has 3 aromatic rings. The van der Waals surface area contributed by atoms with E-state index in [1.807, 2.05) is 0 Å². The molecule has 1 N–H and O–H groups in total. The van der Waals surface area contributed by atoms with Crippen molar-refractivity contribution >= 4 is 5.91 Å². The zero-order valence-electron chi connectivity index (χ0n) is 16.9. The van der Waals surface area contributed by atoms with Crippen LogP contribution in [-0.2, 0) is 15.6 Å². The van der Waals surface area contributed by atoms with Gasteiger partial charge in [0.1, 0.15) is 5.41 Å². The van der Waals surface area contributed by atoms with Crippen LogP contribution in [0.15, 0.2) is 78.9 Å². The number of nitrogens with one attached hydrogen (secondary N) is 1. The van der Waals surface area contributed by atoms with Gasteiger partial charge in [-0.1, -0.05) is 92.2 Å². The fraction of sp³-hybridized carbons (Fsp3) is 0.296. The fourth-order valence-corrected chi connectivity index (χ4v) is 5.24. The van der Waals surface area contributed by atoms with Gasteiger partial charge in [0.15, 0.2) is 0 Å². The molecule has 1 amide bonds. The van der Waals surface area contributed by atoms with Crippen molar-refractivity contribution in [1.82, 2.24) is 5.32 Å². The minimum Gasteiger partial charge on any atom is -0.354 e. The first-order chi connectivity index (χ1) is 14.2. The summed E-state index contributed by atoms with van der Waals surface area (Å²) in [6.07, 6.45) is 4.07.